The first-order valence-corrected chi connectivity index (χ1v) is 14.5. The normalized spacial score (nSPS) is 17.4. The van der Waals surface area contributed by atoms with Crippen LogP contribution < -0.4 is 24.8 Å². The third-order valence-electron chi connectivity index (χ3n) is 7.67. The van der Waals surface area contributed by atoms with Gasteiger partial charge in [0.05, 0.1) is 11.4 Å². The van der Waals surface area contributed by atoms with E-state index in [4.69, 9.17) is 21.7 Å². The molecular formula is C30H26FN5O4S2. The quantitative estimate of drug-likeness (QED) is 0.315. The summed E-state index contributed by atoms with van der Waals surface area (Å²) in [6.07, 6.45) is 1.75. The van der Waals surface area contributed by atoms with Crippen molar-refractivity contribution in [3.8, 4) is 17.6 Å². The minimum Gasteiger partial charge on any atom is -0.454 e. The highest BCUT2D eigenvalue weighted by Crippen LogP contribution is 2.38. The average molecular weight is 604 g/mol. The number of rotatable bonds is 5. The van der Waals surface area contributed by atoms with Crippen LogP contribution in [0.15, 0.2) is 52.2 Å². The van der Waals surface area contributed by atoms with Gasteiger partial charge in [0.1, 0.15) is 27.6 Å². The summed E-state index contributed by atoms with van der Waals surface area (Å²) < 4.78 is 26.2. The van der Waals surface area contributed by atoms with Crippen LogP contribution >= 0.6 is 24.0 Å². The number of benzene rings is 2. The number of thiocarbonyl (C=S) groups is 1. The average Bonchev–Trinajstić information content (AvgIpc) is 3.56. The Labute approximate surface area is 251 Å². The Morgan fingerprint density at radius 1 is 1.05 bits per heavy atom. The molecule has 3 aliphatic rings. The van der Waals surface area contributed by atoms with Crippen LogP contribution in [0.3, 0.4) is 0 Å². The Morgan fingerprint density at radius 2 is 1.74 bits per heavy atom. The predicted octanol–water partition coefficient (Wildman–Crippen LogP) is 4.16. The molecule has 0 unspecified atom stereocenters. The number of hydrogen-bond acceptors (Lipinski definition) is 9. The molecule has 1 aromatic heterocycles. The van der Waals surface area contributed by atoms with Crippen molar-refractivity contribution in [3.05, 3.63) is 85.8 Å². The first kappa shape index (κ1) is 27.8. The SMILES string of the molecule is Cc1c(/C=C2/SC(=S)N(Cc3ccc4c(c3)OCO4)C2=O)c(N2CCN(c3ccc(F)cc3)CC2)n(C)c(=O)c1C#N. The van der Waals surface area contributed by atoms with Crippen molar-refractivity contribution in [2.75, 3.05) is 42.8 Å². The van der Waals surface area contributed by atoms with Crippen LogP contribution in [0.5, 0.6) is 11.5 Å². The number of nitriles is 1. The number of halogens is 1. The number of nitrogens with zero attached hydrogens (tertiary/aromatic N) is 5. The van der Waals surface area contributed by atoms with Crippen LogP contribution in [0.2, 0.25) is 0 Å². The van der Waals surface area contributed by atoms with Gasteiger partial charge in [-0.3, -0.25) is 19.1 Å². The molecule has 0 atom stereocenters. The van der Waals surface area contributed by atoms with E-state index < -0.39 is 5.56 Å². The van der Waals surface area contributed by atoms with Crippen LogP contribution in [0.1, 0.15) is 22.3 Å². The number of fused-ring (bicyclic) bond motifs is 1. The highest BCUT2D eigenvalue weighted by molar-refractivity contribution is 8.26. The maximum atomic E-state index is 13.6. The van der Waals surface area contributed by atoms with Gasteiger partial charge in [-0.05, 0) is 60.5 Å². The zero-order chi connectivity index (χ0) is 29.5. The topological polar surface area (TPSA) is 91.0 Å². The number of ether oxygens (including phenoxy) is 2. The van der Waals surface area contributed by atoms with Crippen LogP contribution in [0.4, 0.5) is 15.9 Å². The van der Waals surface area contributed by atoms with E-state index in [0.29, 0.717) is 63.8 Å². The van der Waals surface area contributed by atoms with Gasteiger partial charge >= 0.3 is 0 Å². The number of anilines is 2. The minimum absolute atomic E-state index is 0.0355. The lowest BCUT2D eigenvalue weighted by atomic mass is 10.0. The molecular weight excluding hydrogens is 577 g/mol. The molecule has 2 aromatic carbocycles. The number of carbonyl (C=O) groups is 1. The second-order valence-electron chi connectivity index (χ2n) is 10.1. The standard InChI is InChI=1S/C30H26FN5O4S2/c1-18-22(14-26-29(38)36(30(41)42-26)16-19-3-8-24-25(13-19)40-17-39-24)27(33(2)28(37)23(18)15-32)35-11-9-34(10-12-35)21-6-4-20(31)5-7-21/h3-8,13-14H,9-12,16-17H2,1-2H3/b26-14+. The fourth-order valence-corrected chi connectivity index (χ4v) is 6.65. The Hall–Kier alpha value is -4.34. The van der Waals surface area contributed by atoms with Crippen molar-refractivity contribution in [1.82, 2.24) is 9.47 Å². The molecule has 6 rings (SSSR count). The molecule has 9 nitrogen and oxygen atoms in total. The lowest BCUT2D eigenvalue weighted by Gasteiger charge is -2.38. The van der Waals surface area contributed by atoms with Crippen LogP contribution in [-0.2, 0) is 18.4 Å². The van der Waals surface area contributed by atoms with Crippen LogP contribution in [0.25, 0.3) is 6.08 Å². The summed E-state index contributed by atoms with van der Waals surface area (Å²) in [4.78, 5) is 33.0. The second kappa shape index (κ2) is 11.2. The summed E-state index contributed by atoms with van der Waals surface area (Å²) in [5.74, 6) is 1.39. The number of thioether (sulfide) groups is 1. The second-order valence-corrected chi connectivity index (χ2v) is 11.8. The van der Waals surface area contributed by atoms with Gasteiger partial charge in [0.25, 0.3) is 11.5 Å². The third-order valence-corrected chi connectivity index (χ3v) is 9.04. The zero-order valence-corrected chi connectivity index (χ0v) is 24.6. The third kappa shape index (κ3) is 4.99. The molecule has 214 valence electrons. The molecule has 2 fully saturated rings. The largest absolute Gasteiger partial charge is 0.454 e. The maximum Gasteiger partial charge on any atom is 0.270 e. The molecule has 0 saturated carbocycles. The maximum absolute atomic E-state index is 13.6. The van der Waals surface area contributed by atoms with E-state index in [1.54, 1.807) is 32.2 Å². The number of carbonyl (C=O) groups excluding carboxylic acids is 1. The van der Waals surface area contributed by atoms with Crippen molar-refractivity contribution in [2.45, 2.75) is 13.5 Å². The number of aromatic nitrogens is 1. The number of pyridine rings is 1. The molecule has 3 aliphatic heterocycles. The van der Waals surface area contributed by atoms with Crippen molar-refractivity contribution in [1.29, 1.82) is 5.26 Å². The minimum atomic E-state index is -0.390. The monoisotopic (exact) mass is 603 g/mol. The molecule has 0 radical (unpaired) electrons. The highest BCUT2D eigenvalue weighted by Gasteiger charge is 2.34. The van der Waals surface area contributed by atoms with Crippen molar-refractivity contribution >= 4 is 51.8 Å². The van der Waals surface area contributed by atoms with Crippen molar-refractivity contribution in [3.63, 3.8) is 0 Å². The zero-order valence-electron chi connectivity index (χ0n) is 22.9. The van der Waals surface area contributed by atoms with Gasteiger partial charge in [-0.25, -0.2) is 4.39 Å². The summed E-state index contributed by atoms with van der Waals surface area (Å²) in [5.41, 5.74) is 2.56. The van der Waals surface area contributed by atoms with Gasteiger partial charge in [0.2, 0.25) is 6.79 Å². The molecule has 2 saturated heterocycles. The molecule has 1 amide bonds. The van der Waals surface area contributed by atoms with Crippen LogP contribution in [0, 0.1) is 24.1 Å². The van der Waals surface area contributed by atoms with E-state index in [1.807, 2.05) is 24.3 Å². The Kier molecular flexibility index (Phi) is 7.38. The van der Waals surface area contributed by atoms with Gasteiger partial charge in [-0.15, -0.1) is 0 Å². The highest BCUT2D eigenvalue weighted by atomic mass is 32.2. The molecule has 12 heteroatoms. The molecule has 0 spiro atoms. The molecule has 0 aliphatic carbocycles. The van der Waals surface area contributed by atoms with E-state index in [-0.39, 0.29) is 30.6 Å². The Bertz CT molecular complexity index is 1740. The van der Waals surface area contributed by atoms with E-state index in [2.05, 4.69) is 9.80 Å². The molecule has 0 bridgehead atoms. The van der Waals surface area contributed by atoms with Crippen molar-refractivity contribution < 1.29 is 18.7 Å². The fourth-order valence-electron chi connectivity index (χ4n) is 5.41. The first-order chi connectivity index (χ1) is 20.2. The van der Waals surface area contributed by atoms with Gasteiger partial charge < -0.3 is 19.3 Å². The Morgan fingerprint density at radius 3 is 2.45 bits per heavy atom. The van der Waals surface area contributed by atoms with Gasteiger partial charge in [-0.1, -0.05) is 30.0 Å². The fraction of sp³-hybridized carbons (Fsp3) is 0.267. The summed E-state index contributed by atoms with van der Waals surface area (Å²) in [6.45, 7) is 4.63. The lowest BCUT2D eigenvalue weighted by molar-refractivity contribution is -0.122. The molecule has 0 N–H and O–H groups in total. The number of amides is 1. The number of hydrogen-bond donors (Lipinski definition) is 0. The van der Waals surface area contributed by atoms with E-state index in [9.17, 15) is 19.2 Å². The van der Waals surface area contributed by atoms with E-state index >= 15 is 0 Å². The number of piperazine rings is 1. The van der Waals surface area contributed by atoms with E-state index in [1.165, 1.54) is 33.4 Å². The summed E-state index contributed by atoms with van der Waals surface area (Å²) in [6, 6.07) is 14.0. The first-order valence-electron chi connectivity index (χ1n) is 13.3. The van der Waals surface area contributed by atoms with Gasteiger partial charge in [0, 0.05) is 44.5 Å². The predicted molar refractivity (Wildman–Crippen MR) is 163 cm³/mol. The summed E-state index contributed by atoms with van der Waals surface area (Å²) in [7, 11) is 1.65. The summed E-state index contributed by atoms with van der Waals surface area (Å²) >= 11 is 6.78. The molecule has 42 heavy (non-hydrogen) atoms. The van der Waals surface area contributed by atoms with E-state index in [0.717, 1.165) is 11.3 Å². The smallest absolute Gasteiger partial charge is 0.270 e. The van der Waals surface area contributed by atoms with Gasteiger partial charge in [-0.2, -0.15) is 5.26 Å². The molecule has 3 aromatic rings. The lowest BCUT2D eigenvalue weighted by Crippen LogP contribution is -2.48. The Balaban J connectivity index is 1.31. The van der Waals surface area contributed by atoms with Crippen molar-refractivity contribution in [2.24, 2.45) is 7.05 Å². The summed E-state index contributed by atoms with van der Waals surface area (Å²) in [5, 5.41) is 9.81. The van der Waals surface area contributed by atoms with Gasteiger partial charge in [0.15, 0.2) is 11.5 Å². The van der Waals surface area contributed by atoms with Crippen LogP contribution in [-0.4, -0.2) is 52.7 Å². The molecule has 4 heterocycles.